The Morgan fingerprint density at radius 1 is 0.429 bits per heavy atom. The molecule has 5 rings (SSSR count). The third-order valence-electron chi connectivity index (χ3n) is 4.96. The Balaban J connectivity index is 1.53. The fourth-order valence-corrected chi connectivity index (χ4v) is 3.54. The van der Waals surface area contributed by atoms with Crippen LogP contribution in [0.3, 0.4) is 0 Å². The predicted octanol–water partition coefficient (Wildman–Crippen LogP) is 8.08. The number of benzene rings is 5. The van der Waals surface area contributed by atoms with E-state index >= 15 is 0 Å². The van der Waals surface area contributed by atoms with Crippen LogP contribution in [-0.4, -0.2) is 0 Å². The fraction of sp³-hybridized carbons (Fsp3) is 0. The van der Waals surface area contributed by atoms with Gasteiger partial charge < -0.3 is 0 Å². The Morgan fingerprint density at radius 2 is 1.04 bits per heavy atom. The van der Waals surface area contributed by atoms with Crippen LogP contribution in [0.5, 0.6) is 0 Å². The molecule has 0 aliphatic heterocycles. The van der Waals surface area contributed by atoms with E-state index in [0.717, 1.165) is 11.4 Å². The summed E-state index contributed by atoms with van der Waals surface area (Å²) in [5.74, 6) is 0. The number of azo groups is 1. The molecule has 0 unspecified atom stereocenters. The van der Waals surface area contributed by atoms with Crippen molar-refractivity contribution in [2.75, 3.05) is 0 Å². The van der Waals surface area contributed by atoms with E-state index in [1.807, 2.05) is 42.5 Å². The molecular formula is C26H18N2. The van der Waals surface area contributed by atoms with Gasteiger partial charge in [0.25, 0.3) is 0 Å². The highest BCUT2D eigenvalue weighted by Gasteiger charge is 2.05. The van der Waals surface area contributed by atoms with Crippen LogP contribution in [0.25, 0.3) is 32.7 Å². The van der Waals surface area contributed by atoms with Crippen LogP contribution < -0.4 is 0 Å². The zero-order valence-electron chi connectivity index (χ0n) is 15.3. The molecule has 0 fully saturated rings. The lowest BCUT2D eigenvalue weighted by molar-refractivity contribution is 1.23. The largest absolute Gasteiger partial charge is 0.151 e. The highest BCUT2D eigenvalue weighted by molar-refractivity contribution is 6.04. The topological polar surface area (TPSA) is 24.7 Å². The first-order valence-electron chi connectivity index (χ1n) is 9.36. The molecule has 0 spiro atoms. The Labute approximate surface area is 163 Å². The molecule has 2 nitrogen and oxygen atoms in total. The molecule has 0 aliphatic carbocycles. The molecule has 2 heteroatoms. The predicted molar refractivity (Wildman–Crippen MR) is 118 cm³/mol. The summed E-state index contributed by atoms with van der Waals surface area (Å²) >= 11 is 0. The second kappa shape index (κ2) is 7.09. The Bertz CT molecular complexity index is 1290. The summed E-state index contributed by atoms with van der Waals surface area (Å²) < 4.78 is 0. The van der Waals surface area contributed by atoms with Gasteiger partial charge in [-0.1, -0.05) is 72.8 Å². The van der Waals surface area contributed by atoms with Crippen molar-refractivity contribution in [2.24, 2.45) is 10.2 Å². The minimum Gasteiger partial charge on any atom is -0.151 e. The normalized spacial score (nSPS) is 11.4. The van der Waals surface area contributed by atoms with Crippen LogP contribution >= 0.6 is 0 Å². The zero-order chi connectivity index (χ0) is 18.8. The Kier molecular flexibility index (Phi) is 4.15. The van der Waals surface area contributed by atoms with Gasteiger partial charge in [-0.2, -0.15) is 10.2 Å². The maximum atomic E-state index is 4.34. The summed E-state index contributed by atoms with van der Waals surface area (Å²) in [7, 11) is 0. The lowest BCUT2D eigenvalue weighted by atomic mass is 9.95. The van der Waals surface area contributed by atoms with Crippen LogP contribution in [0.4, 0.5) is 11.4 Å². The molecule has 5 aromatic rings. The Morgan fingerprint density at radius 3 is 1.79 bits per heavy atom. The van der Waals surface area contributed by atoms with Gasteiger partial charge in [0.05, 0.1) is 11.4 Å². The third kappa shape index (κ3) is 3.17. The smallest absolute Gasteiger partial charge is 0.0857 e. The molecule has 0 aliphatic rings. The van der Waals surface area contributed by atoms with Crippen molar-refractivity contribution in [3.63, 3.8) is 0 Å². The number of rotatable bonds is 3. The van der Waals surface area contributed by atoms with E-state index in [-0.39, 0.29) is 0 Å². The van der Waals surface area contributed by atoms with E-state index in [1.54, 1.807) is 0 Å². The maximum Gasteiger partial charge on any atom is 0.0857 e. The molecule has 0 N–H and O–H groups in total. The number of nitrogens with zero attached hydrogens (tertiary/aromatic N) is 2. The number of hydrogen-bond acceptors (Lipinski definition) is 2. The molecule has 132 valence electrons. The first kappa shape index (κ1) is 16.4. The molecule has 28 heavy (non-hydrogen) atoms. The van der Waals surface area contributed by atoms with Gasteiger partial charge in [-0.05, 0) is 69.1 Å². The summed E-state index contributed by atoms with van der Waals surface area (Å²) in [5.41, 5.74) is 4.11. The summed E-state index contributed by atoms with van der Waals surface area (Å²) in [6.45, 7) is 0. The monoisotopic (exact) mass is 358 g/mol. The van der Waals surface area contributed by atoms with E-state index in [2.05, 4.69) is 77.0 Å². The minimum absolute atomic E-state index is 0.846. The van der Waals surface area contributed by atoms with Crippen molar-refractivity contribution in [2.45, 2.75) is 0 Å². The summed E-state index contributed by atoms with van der Waals surface area (Å²) in [5, 5.41) is 13.7. The molecule has 0 atom stereocenters. The van der Waals surface area contributed by atoms with Gasteiger partial charge in [0.15, 0.2) is 0 Å². The van der Waals surface area contributed by atoms with Gasteiger partial charge in [0.1, 0.15) is 0 Å². The quantitative estimate of drug-likeness (QED) is 0.230. The van der Waals surface area contributed by atoms with Gasteiger partial charge in [-0.25, -0.2) is 0 Å². The van der Waals surface area contributed by atoms with Gasteiger partial charge in [-0.15, -0.1) is 0 Å². The zero-order valence-corrected chi connectivity index (χ0v) is 15.3. The van der Waals surface area contributed by atoms with E-state index < -0.39 is 0 Å². The van der Waals surface area contributed by atoms with E-state index in [4.69, 9.17) is 0 Å². The average Bonchev–Trinajstić information content (AvgIpc) is 2.77. The SMILES string of the molecule is c1ccc(N=Nc2ccc(-c3cccc4cc5ccccc5cc34)cc2)cc1. The lowest BCUT2D eigenvalue weighted by Crippen LogP contribution is -1.82. The maximum absolute atomic E-state index is 4.34. The molecule has 0 heterocycles. The highest BCUT2D eigenvalue weighted by Crippen LogP contribution is 2.32. The molecule has 0 saturated carbocycles. The van der Waals surface area contributed by atoms with Crippen LogP contribution in [-0.2, 0) is 0 Å². The van der Waals surface area contributed by atoms with E-state index in [1.165, 1.54) is 32.7 Å². The Hall–Kier alpha value is -3.78. The molecule has 0 aromatic heterocycles. The first-order valence-corrected chi connectivity index (χ1v) is 9.36. The van der Waals surface area contributed by atoms with Crippen LogP contribution in [0.1, 0.15) is 0 Å². The van der Waals surface area contributed by atoms with Gasteiger partial charge in [-0.3, -0.25) is 0 Å². The molecule has 0 radical (unpaired) electrons. The minimum atomic E-state index is 0.846. The fourth-order valence-electron chi connectivity index (χ4n) is 3.54. The van der Waals surface area contributed by atoms with Crippen molar-refractivity contribution >= 4 is 32.9 Å². The van der Waals surface area contributed by atoms with Gasteiger partial charge in [0.2, 0.25) is 0 Å². The molecule has 0 amide bonds. The number of fused-ring (bicyclic) bond motifs is 2. The van der Waals surface area contributed by atoms with Crippen molar-refractivity contribution in [1.82, 2.24) is 0 Å². The van der Waals surface area contributed by atoms with E-state index in [0.29, 0.717) is 0 Å². The first-order chi connectivity index (χ1) is 13.9. The van der Waals surface area contributed by atoms with Crippen molar-refractivity contribution in [1.29, 1.82) is 0 Å². The molecular weight excluding hydrogens is 340 g/mol. The molecule has 0 bridgehead atoms. The summed E-state index contributed by atoms with van der Waals surface area (Å²) in [4.78, 5) is 0. The second-order valence-corrected chi connectivity index (χ2v) is 6.81. The number of hydrogen-bond donors (Lipinski definition) is 0. The van der Waals surface area contributed by atoms with Gasteiger partial charge in [0, 0.05) is 0 Å². The van der Waals surface area contributed by atoms with Crippen molar-refractivity contribution < 1.29 is 0 Å². The summed E-state index contributed by atoms with van der Waals surface area (Å²) in [6.07, 6.45) is 0. The van der Waals surface area contributed by atoms with Crippen molar-refractivity contribution in [3.05, 3.63) is 109 Å². The van der Waals surface area contributed by atoms with Crippen LogP contribution in [0, 0.1) is 0 Å². The van der Waals surface area contributed by atoms with Crippen LogP contribution in [0.2, 0.25) is 0 Å². The van der Waals surface area contributed by atoms with E-state index in [9.17, 15) is 0 Å². The average molecular weight is 358 g/mol. The van der Waals surface area contributed by atoms with Crippen LogP contribution in [0.15, 0.2) is 119 Å². The lowest BCUT2D eigenvalue weighted by Gasteiger charge is -2.09. The molecule has 0 saturated heterocycles. The highest BCUT2D eigenvalue weighted by atomic mass is 15.1. The summed E-state index contributed by atoms with van der Waals surface area (Å²) in [6, 6.07) is 37.5. The third-order valence-corrected chi connectivity index (χ3v) is 4.96. The second-order valence-electron chi connectivity index (χ2n) is 6.81. The van der Waals surface area contributed by atoms with Gasteiger partial charge >= 0.3 is 0 Å². The van der Waals surface area contributed by atoms with Crippen molar-refractivity contribution in [3.8, 4) is 11.1 Å². The standard InChI is InChI=1S/C26H18N2/c1-2-10-23(11-3-1)27-28-24-15-13-19(14-16-24)25-12-6-9-22-17-20-7-4-5-8-21(20)18-26(22)25/h1-18H. The molecule has 5 aromatic carbocycles.